The summed E-state index contributed by atoms with van der Waals surface area (Å²) < 4.78 is 0. The molecule has 1 aliphatic carbocycles. The van der Waals surface area contributed by atoms with Crippen LogP contribution >= 0.6 is 0 Å². The summed E-state index contributed by atoms with van der Waals surface area (Å²) in [5.74, 6) is 0. The summed E-state index contributed by atoms with van der Waals surface area (Å²) in [6, 6.07) is 102. The van der Waals surface area contributed by atoms with Gasteiger partial charge in [0.25, 0.3) is 0 Å². The van der Waals surface area contributed by atoms with Gasteiger partial charge in [0, 0.05) is 28.2 Å². The summed E-state index contributed by atoms with van der Waals surface area (Å²) in [5.41, 5.74) is 23.0. The molecule has 0 heterocycles. The van der Waals surface area contributed by atoms with Crippen molar-refractivity contribution < 1.29 is 0 Å². The number of benzene rings is 11. The summed E-state index contributed by atoms with van der Waals surface area (Å²) in [6.45, 7) is 4.74. The van der Waals surface area contributed by atoms with E-state index < -0.39 is 0 Å². The molecule has 0 N–H and O–H groups in total. The van der Waals surface area contributed by atoms with Gasteiger partial charge in [-0.1, -0.05) is 232 Å². The molecule has 0 aromatic heterocycles. The Hall–Kier alpha value is -8.98. The maximum atomic E-state index is 2.49. The fourth-order valence-corrected chi connectivity index (χ4v) is 10.6. The van der Waals surface area contributed by atoms with Gasteiger partial charge in [-0.15, -0.1) is 0 Å². The Kier molecular flexibility index (Phi) is 11.3. The number of anilines is 6. The third-order valence-corrected chi connectivity index (χ3v) is 14.3. The largest absolute Gasteiger partial charge is 0.308 e. The molecule has 0 unspecified atom stereocenters. The van der Waals surface area contributed by atoms with E-state index >= 15 is 0 Å². The number of rotatable bonds is 11. The van der Waals surface area contributed by atoms with Crippen LogP contribution < -0.4 is 9.80 Å². The molecule has 0 radical (unpaired) electrons. The van der Waals surface area contributed by atoms with E-state index in [1.165, 1.54) is 55.6 Å². The lowest BCUT2D eigenvalue weighted by Gasteiger charge is -2.35. The van der Waals surface area contributed by atoms with Crippen molar-refractivity contribution in [1.29, 1.82) is 0 Å². The Labute approximate surface area is 418 Å². The van der Waals surface area contributed by atoms with Crippen LogP contribution in [0.25, 0.3) is 66.8 Å². The van der Waals surface area contributed by atoms with Crippen molar-refractivity contribution in [3.8, 4) is 66.8 Å². The van der Waals surface area contributed by atoms with Crippen LogP contribution in [-0.4, -0.2) is 0 Å². The summed E-state index contributed by atoms with van der Waals surface area (Å²) >= 11 is 0. The monoisotopic (exact) mass is 908 g/mol. The minimum atomic E-state index is -0.201. The minimum Gasteiger partial charge on any atom is -0.308 e. The smallest absolute Gasteiger partial charge is 0.0709 e. The van der Waals surface area contributed by atoms with Crippen molar-refractivity contribution in [2.24, 2.45) is 0 Å². The summed E-state index contributed by atoms with van der Waals surface area (Å²) in [7, 11) is 0. The zero-order valence-electron chi connectivity index (χ0n) is 40.0. The van der Waals surface area contributed by atoms with Crippen LogP contribution in [0, 0.1) is 0 Å². The molecule has 0 aliphatic heterocycles. The predicted octanol–water partition coefficient (Wildman–Crippen LogP) is 19.3. The third-order valence-electron chi connectivity index (χ3n) is 14.3. The molecule has 2 heteroatoms. The molecule has 0 bridgehead atoms. The van der Waals surface area contributed by atoms with Gasteiger partial charge in [0.1, 0.15) is 0 Å². The Bertz CT molecular complexity index is 3520. The first-order valence-corrected chi connectivity index (χ1v) is 24.6. The number of fused-ring (bicyclic) bond motifs is 3. The third kappa shape index (κ3) is 8.20. The quantitative estimate of drug-likeness (QED) is 0.128. The fourth-order valence-electron chi connectivity index (χ4n) is 10.6. The molecule has 12 rings (SSSR count). The summed E-state index contributed by atoms with van der Waals surface area (Å²) in [4.78, 5) is 4.95. The molecule has 11 aromatic rings. The lowest BCUT2D eigenvalue weighted by atomic mass is 9.82. The van der Waals surface area contributed by atoms with Crippen molar-refractivity contribution >= 4 is 34.1 Å². The highest BCUT2D eigenvalue weighted by molar-refractivity contribution is 6.00. The van der Waals surface area contributed by atoms with Gasteiger partial charge >= 0.3 is 0 Å². The molecule has 338 valence electrons. The second kappa shape index (κ2) is 18.5. The molecule has 11 aromatic carbocycles. The lowest BCUT2D eigenvalue weighted by molar-refractivity contribution is 0.660. The highest BCUT2D eigenvalue weighted by atomic mass is 15.2. The van der Waals surface area contributed by atoms with E-state index in [0.29, 0.717) is 0 Å². The van der Waals surface area contributed by atoms with Crippen molar-refractivity contribution in [2.75, 3.05) is 9.80 Å². The maximum Gasteiger partial charge on any atom is 0.0709 e. The zero-order valence-corrected chi connectivity index (χ0v) is 40.0. The topological polar surface area (TPSA) is 6.48 Å². The van der Waals surface area contributed by atoms with Crippen LogP contribution in [-0.2, 0) is 5.41 Å². The van der Waals surface area contributed by atoms with Gasteiger partial charge in [0.05, 0.1) is 11.4 Å². The first-order valence-electron chi connectivity index (χ1n) is 24.6. The van der Waals surface area contributed by atoms with Gasteiger partial charge in [-0.2, -0.15) is 0 Å². The van der Waals surface area contributed by atoms with Crippen LogP contribution in [0.15, 0.2) is 279 Å². The number of hydrogen-bond acceptors (Lipinski definition) is 2. The van der Waals surface area contributed by atoms with E-state index in [0.717, 1.165) is 56.4 Å². The van der Waals surface area contributed by atoms with E-state index in [1.807, 2.05) is 0 Å². The maximum absolute atomic E-state index is 2.49. The van der Waals surface area contributed by atoms with Gasteiger partial charge in [-0.05, 0) is 139 Å². The molecule has 1 aliphatic rings. The molecule has 0 fully saturated rings. The normalized spacial score (nSPS) is 12.2. The van der Waals surface area contributed by atoms with Crippen LogP contribution in [0.1, 0.15) is 25.0 Å². The zero-order chi connectivity index (χ0) is 47.7. The molecule has 71 heavy (non-hydrogen) atoms. The first kappa shape index (κ1) is 43.3. The van der Waals surface area contributed by atoms with Crippen LogP contribution in [0.4, 0.5) is 34.1 Å². The van der Waals surface area contributed by atoms with Gasteiger partial charge in [0.15, 0.2) is 0 Å². The second-order valence-corrected chi connectivity index (χ2v) is 18.9. The van der Waals surface area contributed by atoms with Gasteiger partial charge in [0.2, 0.25) is 0 Å². The van der Waals surface area contributed by atoms with Gasteiger partial charge in [-0.25, -0.2) is 0 Å². The van der Waals surface area contributed by atoms with Crippen LogP contribution in [0.5, 0.6) is 0 Å². The van der Waals surface area contributed by atoms with Crippen molar-refractivity contribution in [2.45, 2.75) is 19.3 Å². The Morgan fingerprint density at radius 3 is 0.915 bits per heavy atom. The molecule has 2 nitrogen and oxygen atoms in total. The molecule has 0 spiro atoms. The van der Waals surface area contributed by atoms with Gasteiger partial charge in [-0.3, -0.25) is 0 Å². The standard InChI is InChI=1S/C69H52N2/c1-69(2)65-31-19-18-30-61(65)62-45-44-60(46-66(62)69)71(59-42-36-54(37-43-59)51-24-12-5-13-25-51)68-48-64(56-28-16-7-17-29-56)63(55-26-14-6-15-27-55)47-67(68)70(57-38-32-52(33-39-57)49-20-8-3-9-21-49)58-40-34-53(35-41-58)50-22-10-4-11-23-50/h3-48H,1-2H3. The van der Waals surface area contributed by atoms with Crippen molar-refractivity contribution in [3.05, 3.63) is 290 Å². The van der Waals surface area contributed by atoms with E-state index in [1.54, 1.807) is 0 Å². The van der Waals surface area contributed by atoms with E-state index in [2.05, 4.69) is 303 Å². The molecular formula is C69H52N2. The summed E-state index contributed by atoms with van der Waals surface area (Å²) in [6.07, 6.45) is 0. The molecule has 0 saturated heterocycles. The van der Waals surface area contributed by atoms with Crippen LogP contribution in [0.2, 0.25) is 0 Å². The Morgan fingerprint density at radius 1 is 0.225 bits per heavy atom. The SMILES string of the molecule is CC1(C)c2ccccc2-c2ccc(N(c3ccc(-c4ccccc4)cc3)c3cc(-c4ccccc4)c(-c4ccccc4)cc3N(c3ccc(-c4ccccc4)cc3)c3ccc(-c4ccccc4)cc3)cc21. The molecule has 0 amide bonds. The lowest BCUT2D eigenvalue weighted by Crippen LogP contribution is -2.19. The average Bonchev–Trinajstić information content (AvgIpc) is 3.67. The average molecular weight is 909 g/mol. The molecule has 0 saturated carbocycles. The van der Waals surface area contributed by atoms with E-state index in [4.69, 9.17) is 0 Å². The summed E-state index contributed by atoms with van der Waals surface area (Å²) in [5, 5.41) is 0. The highest BCUT2D eigenvalue weighted by Gasteiger charge is 2.36. The van der Waals surface area contributed by atoms with Gasteiger partial charge < -0.3 is 9.80 Å². The number of hydrogen-bond donors (Lipinski definition) is 0. The first-order chi connectivity index (χ1) is 35.0. The van der Waals surface area contributed by atoms with E-state index in [9.17, 15) is 0 Å². The predicted molar refractivity (Wildman–Crippen MR) is 301 cm³/mol. The highest BCUT2D eigenvalue weighted by Crippen LogP contribution is 2.54. The fraction of sp³-hybridized carbons (Fsp3) is 0.0435. The van der Waals surface area contributed by atoms with Crippen molar-refractivity contribution in [3.63, 3.8) is 0 Å². The van der Waals surface area contributed by atoms with Crippen molar-refractivity contribution in [1.82, 2.24) is 0 Å². The van der Waals surface area contributed by atoms with E-state index in [-0.39, 0.29) is 5.41 Å². The Balaban J connectivity index is 1.15. The Morgan fingerprint density at radius 2 is 0.521 bits per heavy atom. The second-order valence-electron chi connectivity index (χ2n) is 18.9. The van der Waals surface area contributed by atoms with Crippen LogP contribution in [0.3, 0.4) is 0 Å². The number of nitrogens with zero attached hydrogens (tertiary/aromatic N) is 2. The minimum absolute atomic E-state index is 0.201. The molecule has 0 atom stereocenters. The molecular weight excluding hydrogens is 857 g/mol.